The highest BCUT2D eigenvalue weighted by molar-refractivity contribution is 7.89. The highest BCUT2D eigenvalue weighted by atomic mass is 32.2. The van der Waals surface area contributed by atoms with E-state index >= 15 is 0 Å². The number of amides is 1. The van der Waals surface area contributed by atoms with E-state index < -0.39 is 28.3 Å². The van der Waals surface area contributed by atoms with Gasteiger partial charge < -0.3 is 21.3 Å². The first-order valence-corrected chi connectivity index (χ1v) is 11.1. The van der Waals surface area contributed by atoms with Crippen LogP contribution in [-0.2, 0) is 21.2 Å². The average molecular weight is 436 g/mol. The van der Waals surface area contributed by atoms with Crippen LogP contribution in [0.2, 0.25) is 0 Å². The molecule has 0 radical (unpaired) electrons. The molecule has 5 N–H and O–H groups in total. The van der Waals surface area contributed by atoms with E-state index in [1.165, 1.54) is 28.6 Å². The topological polar surface area (TPSA) is 136 Å². The third kappa shape index (κ3) is 6.72. The summed E-state index contributed by atoms with van der Waals surface area (Å²) in [5.41, 5.74) is 12.1. The number of nitrogens with zero attached hydrogens (tertiary/aromatic N) is 1. The Bertz CT molecular complexity index is 917. The molecule has 8 nitrogen and oxygen atoms in total. The van der Waals surface area contributed by atoms with Crippen molar-refractivity contribution in [2.24, 2.45) is 11.7 Å². The monoisotopic (exact) mass is 435 g/mol. The second kappa shape index (κ2) is 10.4. The van der Waals surface area contributed by atoms with Crippen LogP contribution in [0.3, 0.4) is 0 Å². The molecule has 2 atom stereocenters. The molecular weight excluding hydrogens is 406 g/mol. The number of ether oxygens (including phenoxy) is 1. The molecule has 0 fully saturated rings. The zero-order valence-corrected chi connectivity index (χ0v) is 18.0. The lowest BCUT2D eigenvalue weighted by atomic mass is 10.0. The Morgan fingerprint density at radius 1 is 1.07 bits per heavy atom. The van der Waals surface area contributed by atoms with Gasteiger partial charge in [0.05, 0.1) is 4.90 Å². The van der Waals surface area contributed by atoms with Gasteiger partial charge in [-0.25, -0.2) is 13.2 Å². The van der Waals surface area contributed by atoms with E-state index in [1.807, 2.05) is 44.2 Å². The fourth-order valence-corrected chi connectivity index (χ4v) is 4.67. The van der Waals surface area contributed by atoms with Crippen LogP contribution in [0.4, 0.5) is 10.5 Å². The largest absolute Gasteiger partial charge is 0.443 e. The maximum Gasteiger partial charge on any atom is 0.404 e. The second-order valence-electron chi connectivity index (χ2n) is 7.52. The van der Waals surface area contributed by atoms with E-state index in [0.717, 1.165) is 5.56 Å². The van der Waals surface area contributed by atoms with Crippen LogP contribution < -0.4 is 11.5 Å². The fourth-order valence-electron chi connectivity index (χ4n) is 3.04. The molecule has 164 valence electrons. The maximum atomic E-state index is 13.2. The van der Waals surface area contributed by atoms with Crippen LogP contribution in [0.5, 0.6) is 0 Å². The summed E-state index contributed by atoms with van der Waals surface area (Å²) in [6.07, 6.45) is -3.12. The number of nitrogens with two attached hydrogens (primary N) is 2. The number of sulfonamides is 1. The normalized spacial score (nSPS) is 13.9. The average Bonchev–Trinajstić information content (AvgIpc) is 2.67. The third-order valence-electron chi connectivity index (χ3n) is 4.45. The minimum absolute atomic E-state index is 0.00499. The van der Waals surface area contributed by atoms with Gasteiger partial charge >= 0.3 is 6.09 Å². The van der Waals surface area contributed by atoms with Gasteiger partial charge in [0, 0.05) is 25.2 Å². The minimum Gasteiger partial charge on any atom is -0.443 e. The number of anilines is 1. The predicted molar refractivity (Wildman–Crippen MR) is 115 cm³/mol. The Kier molecular flexibility index (Phi) is 8.22. The molecule has 0 spiro atoms. The van der Waals surface area contributed by atoms with Gasteiger partial charge in [0.2, 0.25) is 10.0 Å². The summed E-state index contributed by atoms with van der Waals surface area (Å²) in [5, 5.41) is 10.8. The van der Waals surface area contributed by atoms with Crippen molar-refractivity contribution in [3.05, 3.63) is 60.2 Å². The zero-order chi connectivity index (χ0) is 22.3. The van der Waals surface area contributed by atoms with Gasteiger partial charge in [-0.05, 0) is 35.7 Å². The van der Waals surface area contributed by atoms with Crippen molar-refractivity contribution in [1.82, 2.24) is 4.31 Å². The number of aliphatic hydroxyl groups excluding tert-OH is 1. The predicted octanol–water partition coefficient (Wildman–Crippen LogP) is 1.98. The Morgan fingerprint density at radius 2 is 1.67 bits per heavy atom. The smallest absolute Gasteiger partial charge is 0.404 e. The van der Waals surface area contributed by atoms with E-state index in [4.69, 9.17) is 16.2 Å². The van der Waals surface area contributed by atoms with Crippen LogP contribution in [0.25, 0.3) is 0 Å². The van der Waals surface area contributed by atoms with E-state index in [9.17, 15) is 18.3 Å². The molecule has 0 saturated heterocycles. The fraction of sp³-hybridized carbons (Fsp3) is 0.381. The summed E-state index contributed by atoms with van der Waals surface area (Å²) >= 11 is 0. The molecule has 0 saturated carbocycles. The number of hydrogen-bond acceptors (Lipinski definition) is 6. The van der Waals surface area contributed by atoms with Crippen LogP contribution >= 0.6 is 0 Å². The number of rotatable bonds is 10. The number of carbonyl (C=O) groups is 1. The summed E-state index contributed by atoms with van der Waals surface area (Å²) in [6, 6.07) is 15.0. The van der Waals surface area contributed by atoms with Crippen LogP contribution in [0.15, 0.2) is 59.5 Å². The number of nitrogen functional groups attached to an aromatic ring is 1. The van der Waals surface area contributed by atoms with Gasteiger partial charge in [0.1, 0.15) is 12.2 Å². The molecule has 30 heavy (non-hydrogen) atoms. The van der Waals surface area contributed by atoms with E-state index in [1.54, 1.807) is 0 Å². The highest BCUT2D eigenvalue weighted by Crippen LogP contribution is 2.20. The van der Waals surface area contributed by atoms with Gasteiger partial charge in [-0.15, -0.1) is 0 Å². The number of hydrogen-bond donors (Lipinski definition) is 3. The summed E-state index contributed by atoms with van der Waals surface area (Å²) < 4.78 is 32.6. The van der Waals surface area contributed by atoms with Crippen LogP contribution in [-0.4, -0.2) is 49.2 Å². The van der Waals surface area contributed by atoms with Crippen molar-refractivity contribution in [3.63, 3.8) is 0 Å². The summed E-state index contributed by atoms with van der Waals surface area (Å²) in [5.74, 6) is 0.00499. The first-order valence-electron chi connectivity index (χ1n) is 9.63. The molecule has 0 aliphatic heterocycles. The van der Waals surface area contributed by atoms with Crippen molar-refractivity contribution in [1.29, 1.82) is 0 Å². The molecular formula is C21H29N3O5S. The molecule has 0 aliphatic rings. The third-order valence-corrected chi connectivity index (χ3v) is 6.30. The van der Waals surface area contributed by atoms with Gasteiger partial charge in [-0.2, -0.15) is 4.31 Å². The molecule has 2 aromatic rings. The number of carbonyl (C=O) groups excluding carboxylic acids is 1. The molecule has 1 amide bonds. The van der Waals surface area contributed by atoms with Crippen molar-refractivity contribution < 1.29 is 23.1 Å². The molecule has 9 heteroatoms. The summed E-state index contributed by atoms with van der Waals surface area (Å²) in [7, 11) is -3.90. The van der Waals surface area contributed by atoms with Crippen molar-refractivity contribution in [2.75, 3.05) is 18.8 Å². The van der Waals surface area contributed by atoms with Gasteiger partial charge in [-0.1, -0.05) is 44.2 Å². The lowest BCUT2D eigenvalue weighted by Crippen LogP contribution is -2.46. The quantitative estimate of drug-likeness (QED) is 0.488. The second-order valence-corrected chi connectivity index (χ2v) is 9.46. The molecule has 2 aromatic carbocycles. The van der Waals surface area contributed by atoms with E-state index in [2.05, 4.69) is 0 Å². The molecule has 0 aromatic heterocycles. The van der Waals surface area contributed by atoms with Gasteiger partial charge in [-0.3, -0.25) is 0 Å². The lowest BCUT2D eigenvalue weighted by Gasteiger charge is -2.29. The Balaban J connectivity index is 2.27. The Hall–Kier alpha value is -2.62. The molecule has 2 rings (SSSR count). The standard InChI is InChI=1S/C21H29N3O5S/c1-15(2)13-24(30(27,28)18-10-8-17(22)9-11-18)14-19(25)20(29-21(23)26)12-16-6-4-3-5-7-16/h3-11,15,19-20,25H,12-14,22H2,1-2H3,(H2,23,26). The minimum atomic E-state index is -3.90. The molecule has 0 heterocycles. The van der Waals surface area contributed by atoms with Crippen molar-refractivity contribution in [2.45, 2.75) is 37.4 Å². The SMILES string of the molecule is CC(C)CN(CC(O)C(Cc1ccccc1)OC(N)=O)S(=O)(=O)c1ccc(N)cc1. The zero-order valence-electron chi connectivity index (χ0n) is 17.1. The van der Waals surface area contributed by atoms with Crippen LogP contribution in [0, 0.1) is 5.92 Å². The highest BCUT2D eigenvalue weighted by Gasteiger charge is 2.32. The molecule has 0 bridgehead atoms. The first-order chi connectivity index (χ1) is 14.1. The molecule has 2 unspecified atom stereocenters. The van der Waals surface area contributed by atoms with E-state index in [0.29, 0.717) is 5.69 Å². The molecule has 0 aliphatic carbocycles. The first kappa shape index (κ1) is 23.7. The number of primary amides is 1. The van der Waals surface area contributed by atoms with Crippen molar-refractivity contribution in [3.8, 4) is 0 Å². The van der Waals surface area contributed by atoms with Gasteiger partial charge in [0.25, 0.3) is 0 Å². The van der Waals surface area contributed by atoms with E-state index in [-0.39, 0.29) is 30.3 Å². The van der Waals surface area contributed by atoms with Crippen LogP contribution in [0.1, 0.15) is 19.4 Å². The summed E-state index contributed by atoms with van der Waals surface area (Å²) in [4.78, 5) is 11.4. The number of aliphatic hydroxyl groups is 1. The Labute approximate surface area is 177 Å². The van der Waals surface area contributed by atoms with Crippen molar-refractivity contribution >= 4 is 21.8 Å². The summed E-state index contributed by atoms with van der Waals surface area (Å²) in [6.45, 7) is 3.67. The lowest BCUT2D eigenvalue weighted by molar-refractivity contribution is -0.00189. The number of benzene rings is 2. The van der Waals surface area contributed by atoms with Gasteiger partial charge in [0.15, 0.2) is 0 Å². The maximum absolute atomic E-state index is 13.2. The Morgan fingerprint density at radius 3 is 2.20 bits per heavy atom.